The highest BCUT2D eigenvalue weighted by Crippen LogP contribution is 2.29. The van der Waals surface area contributed by atoms with Crippen molar-refractivity contribution in [2.75, 3.05) is 5.32 Å². The van der Waals surface area contributed by atoms with Crippen molar-refractivity contribution >= 4 is 11.6 Å². The molecule has 0 spiro atoms. The van der Waals surface area contributed by atoms with E-state index in [9.17, 15) is 18.0 Å². The second-order valence-electron chi connectivity index (χ2n) is 5.54. The Morgan fingerprint density at radius 1 is 1.08 bits per heavy atom. The van der Waals surface area contributed by atoms with Gasteiger partial charge < -0.3 is 5.32 Å². The molecule has 0 saturated heterocycles. The second-order valence-corrected chi connectivity index (χ2v) is 5.54. The average molecular weight is 336 g/mol. The number of halogens is 3. The van der Waals surface area contributed by atoms with E-state index in [1.54, 1.807) is 12.3 Å². The van der Waals surface area contributed by atoms with Gasteiger partial charge in [0.1, 0.15) is 5.69 Å². The number of amides is 1. The Hall–Kier alpha value is -2.37. The van der Waals surface area contributed by atoms with Gasteiger partial charge in [-0.2, -0.15) is 13.2 Å². The van der Waals surface area contributed by atoms with Crippen molar-refractivity contribution in [2.24, 2.45) is 0 Å². The molecule has 2 aromatic rings. The van der Waals surface area contributed by atoms with Gasteiger partial charge in [-0.15, -0.1) is 0 Å². The molecule has 0 radical (unpaired) electrons. The Kier molecular flexibility index (Phi) is 5.95. The first-order chi connectivity index (χ1) is 11.4. The van der Waals surface area contributed by atoms with Crippen LogP contribution in [0.15, 0.2) is 42.6 Å². The van der Waals surface area contributed by atoms with E-state index in [0.717, 1.165) is 43.4 Å². The molecule has 24 heavy (non-hydrogen) atoms. The molecule has 1 aromatic carbocycles. The molecule has 0 atom stereocenters. The van der Waals surface area contributed by atoms with Gasteiger partial charge in [0.15, 0.2) is 0 Å². The molecule has 0 unspecified atom stereocenters. The van der Waals surface area contributed by atoms with Crippen LogP contribution in [0.5, 0.6) is 0 Å². The van der Waals surface area contributed by atoms with Gasteiger partial charge in [0, 0.05) is 11.9 Å². The Labute approximate surface area is 138 Å². The van der Waals surface area contributed by atoms with Gasteiger partial charge in [0.25, 0.3) is 5.91 Å². The van der Waals surface area contributed by atoms with Gasteiger partial charge in [-0.25, -0.2) is 0 Å². The molecule has 0 bridgehead atoms. The molecule has 3 nitrogen and oxygen atoms in total. The zero-order valence-electron chi connectivity index (χ0n) is 13.4. The number of aromatic nitrogens is 1. The number of carbonyl (C=O) groups excluding carboxylic acids is 1. The van der Waals surface area contributed by atoms with Crippen LogP contribution in [-0.4, -0.2) is 10.9 Å². The lowest BCUT2D eigenvalue weighted by atomic mass is 10.1. The minimum Gasteiger partial charge on any atom is -0.321 e. The molecule has 128 valence electrons. The fourth-order valence-corrected chi connectivity index (χ4v) is 2.22. The number of aryl methyl sites for hydroxylation is 1. The third-order valence-electron chi connectivity index (χ3n) is 3.60. The van der Waals surface area contributed by atoms with Crippen molar-refractivity contribution in [3.63, 3.8) is 0 Å². The van der Waals surface area contributed by atoms with Gasteiger partial charge in [-0.05, 0) is 48.7 Å². The molecular formula is C18H19F3N2O. The molecule has 1 heterocycles. The van der Waals surface area contributed by atoms with Crippen LogP contribution in [0.4, 0.5) is 18.9 Å². The lowest BCUT2D eigenvalue weighted by Crippen LogP contribution is -2.14. The van der Waals surface area contributed by atoms with Gasteiger partial charge in [-0.3, -0.25) is 9.78 Å². The summed E-state index contributed by atoms with van der Waals surface area (Å²) in [6, 6.07) is 7.78. The van der Waals surface area contributed by atoms with Crippen molar-refractivity contribution in [3.05, 3.63) is 59.4 Å². The molecule has 1 amide bonds. The lowest BCUT2D eigenvalue weighted by Gasteiger charge is -2.09. The number of nitrogens with zero attached hydrogens (tertiary/aromatic N) is 1. The van der Waals surface area contributed by atoms with Gasteiger partial charge in [0.2, 0.25) is 0 Å². The molecular weight excluding hydrogens is 317 g/mol. The van der Waals surface area contributed by atoms with E-state index in [1.165, 1.54) is 12.1 Å². The average Bonchev–Trinajstić information content (AvgIpc) is 2.55. The summed E-state index contributed by atoms with van der Waals surface area (Å²) in [7, 11) is 0. The number of rotatable bonds is 6. The number of anilines is 1. The molecule has 6 heteroatoms. The van der Waals surface area contributed by atoms with Crippen LogP contribution in [-0.2, 0) is 12.6 Å². The largest absolute Gasteiger partial charge is 0.416 e. The SMILES string of the molecule is CCCCCc1ccc(C(=O)Nc2ccc(C(F)(F)F)cc2)nc1. The van der Waals surface area contributed by atoms with Crippen molar-refractivity contribution in [3.8, 4) is 0 Å². The summed E-state index contributed by atoms with van der Waals surface area (Å²) in [5.41, 5.74) is 0.834. The maximum Gasteiger partial charge on any atom is 0.416 e. The van der Waals surface area contributed by atoms with Crippen molar-refractivity contribution in [1.82, 2.24) is 4.98 Å². The van der Waals surface area contributed by atoms with E-state index >= 15 is 0 Å². The number of hydrogen-bond donors (Lipinski definition) is 1. The third-order valence-corrected chi connectivity index (χ3v) is 3.60. The Balaban J connectivity index is 1.96. The van der Waals surface area contributed by atoms with E-state index in [1.807, 2.05) is 6.07 Å². The van der Waals surface area contributed by atoms with Gasteiger partial charge >= 0.3 is 6.18 Å². The van der Waals surface area contributed by atoms with Gasteiger partial charge in [-0.1, -0.05) is 25.8 Å². The Bertz CT molecular complexity index is 664. The minimum absolute atomic E-state index is 0.231. The summed E-state index contributed by atoms with van der Waals surface area (Å²) in [4.78, 5) is 16.2. The van der Waals surface area contributed by atoms with Crippen LogP contribution in [0.1, 0.15) is 47.8 Å². The van der Waals surface area contributed by atoms with Crippen LogP contribution in [0, 0.1) is 0 Å². The Morgan fingerprint density at radius 3 is 2.33 bits per heavy atom. The standard InChI is InChI=1S/C18H19F3N2O/c1-2-3-4-5-13-6-11-16(22-12-13)17(24)23-15-9-7-14(8-10-15)18(19,20)21/h6-12H,2-5H2,1H3,(H,23,24). The summed E-state index contributed by atoms with van der Waals surface area (Å²) in [6.07, 6.45) is 1.56. The summed E-state index contributed by atoms with van der Waals surface area (Å²) in [5, 5.41) is 2.54. The van der Waals surface area contributed by atoms with Crippen LogP contribution >= 0.6 is 0 Å². The van der Waals surface area contributed by atoms with Crippen molar-refractivity contribution in [1.29, 1.82) is 0 Å². The third kappa shape index (κ3) is 5.08. The van der Waals surface area contributed by atoms with E-state index in [0.29, 0.717) is 5.69 Å². The minimum atomic E-state index is -4.39. The van der Waals surface area contributed by atoms with E-state index in [-0.39, 0.29) is 5.69 Å². The first-order valence-corrected chi connectivity index (χ1v) is 7.83. The van der Waals surface area contributed by atoms with Crippen molar-refractivity contribution in [2.45, 2.75) is 38.8 Å². The summed E-state index contributed by atoms with van der Waals surface area (Å²) in [6.45, 7) is 2.13. The number of nitrogens with one attached hydrogen (secondary N) is 1. The van der Waals surface area contributed by atoms with E-state index in [4.69, 9.17) is 0 Å². The number of carbonyl (C=O) groups is 1. The quantitative estimate of drug-likeness (QED) is 0.747. The zero-order valence-corrected chi connectivity index (χ0v) is 13.4. The summed E-state index contributed by atoms with van der Waals surface area (Å²) < 4.78 is 37.5. The Morgan fingerprint density at radius 2 is 1.79 bits per heavy atom. The second kappa shape index (κ2) is 7.95. The maximum absolute atomic E-state index is 12.5. The number of hydrogen-bond acceptors (Lipinski definition) is 2. The molecule has 0 saturated carbocycles. The number of pyridine rings is 1. The van der Waals surface area contributed by atoms with Crippen LogP contribution in [0.25, 0.3) is 0 Å². The fraction of sp³-hybridized carbons (Fsp3) is 0.333. The fourth-order valence-electron chi connectivity index (χ4n) is 2.22. The normalized spacial score (nSPS) is 11.3. The molecule has 0 aliphatic carbocycles. The van der Waals surface area contributed by atoms with Crippen LogP contribution in [0.3, 0.4) is 0 Å². The molecule has 0 aliphatic heterocycles. The number of benzene rings is 1. The number of alkyl halides is 3. The van der Waals surface area contributed by atoms with E-state index in [2.05, 4.69) is 17.2 Å². The first kappa shape index (κ1) is 18.0. The molecule has 1 aromatic heterocycles. The topological polar surface area (TPSA) is 42.0 Å². The smallest absolute Gasteiger partial charge is 0.321 e. The highest BCUT2D eigenvalue weighted by molar-refractivity contribution is 6.02. The molecule has 2 rings (SSSR count). The summed E-state index contributed by atoms with van der Waals surface area (Å²) in [5.74, 6) is -0.449. The van der Waals surface area contributed by atoms with Crippen molar-refractivity contribution < 1.29 is 18.0 Å². The monoisotopic (exact) mass is 336 g/mol. The highest BCUT2D eigenvalue weighted by Gasteiger charge is 2.30. The van der Waals surface area contributed by atoms with Crippen LogP contribution in [0.2, 0.25) is 0 Å². The van der Waals surface area contributed by atoms with E-state index < -0.39 is 17.6 Å². The highest BCUT2D eigenvalue weighted by atomic mass is 19.4. The maximum atomic E-state index is 12.5. The van der Waals surface area contributed by atoms with Crippen LogP contribution < -0.4 is 5.32 Å². The molecule has 1 N–H and O–H groups in total. The first-order valence-electron chi connectivity index (χ1n) is 7.83. The predicted octanol–water partition coefficient (Wildman–Crippen LogP) is 5.09. The molecule has 0 fully saturated rings. The lowest BCUT2D eigenvalue weighted by molar-refractivity contribution is -0.137. The molecule has 0 aliphatic rings. The van der Waals surface area contributed by atoms with Gasteiger partial charge in [0.05, 0.1) is 5.56 Å². The number of unbranched alkanes of at least 4 members (excludes halogenated alkanes) is 2. The zero-order chi connectivity index (χ0) is 17.6. The summed E-state index contributed by atoms with van der Waals surface area (Å²) >= 11 is 0. The predicted molar refractivity (Wildman–Crippen MR) is 86.9 cm³/mol.